The first-order chi connectivity index (χ1) is 7.18. The van der Waals surface area contributed by atoms with Gasteiger partial charge in [-0.2, -0.15) is 0 Å². The molecule has 15 heavy (non-hydrogen) atoms. The number of anilines is 1. The third-order valence-electron chi connectivity index (χ3n) is 2.14. The quantitative estimate of drug-likeness (QED) is 0.671. The molecule has 0 bridgehead atoms. The molecule has 0 spiro atoms. The topological polar surface area (TPSA) is 30.5 Å². The first-order valence-corrected chi connectivity index (χ1v) is 8.78. The van der Waals surface area contributed by atoms with Crippen LogP contribution in [-0.4, -0.2) is 27.8 Å². The molecule has 1 fully saturated rings. The summed E-state index contributed by atoms with van der Waals surface area (Å²) in [6.45, 7) is 2.82. The maximum absolute atomic E-state index is 5.80. The van der Waals surface area contributed by atoms with Gasteiger partial charge in [-0.25, -0.2) is 0 Å². The average molecular weight is 290 g/mol. The Morgan fingerprint density at radius 3 is 2.80 bits per heavy atom. The van der Waals surface area contributed by atoms with Crippen molar-refractivity contribution in [1.82, 2.24) is 0 Å². The van der Waals surface area contributed by atoms with E-state index in [1.165, 1.54) is 0 Å². The van der Waals surface area contributed by atoms with Crippen molar-refractivity contribution < 1.29 is 9.05 Å². The maximum atomic E-state index is 5.80. The third kappa shape index (κ3) is 3.17. The summed E-state index contributed by atoms with van der Waals surface area (Å²) < 4.78 is 11.5. The van der Waals surface area contributed by atoms with Gasteiger partial charge in [0, 0.05) is 0 Å². The minimum absolute atomic E-state index is 0.254. The zero-order valence-corrected chi connectivity index (χ0v) is 11.2. The summed E-state index contributed by atoms with van der Waals surface area (Å²) in [6, 6.07) is 9.97. The summed E-state index contributed by atoms with van der Waals surface area (Å²) >= 11 is 3.03. The Kier molecular flexibility index (Phi) is 3.65. The molecule has 1 aromatic carbocycles. The van der Waals surface area contributed by atoms with Crippen molar-refractivity contribution in [2.75, 3.05) is 11.7 Å². The van der Waals surface area contributed by atoms with Gasteiger partial charge in [0.25, 0.3) is 0 Å². The standard InChI is InChI=1S/C10H14NO2PSe/c1-9-7-8-12-14(15,13-9)11-10-5-3-2-4-6-10/h2-6,9H,7-8H2,1H3,(H,11,15)/t9-,14?/m0/s1. The van der Waals surface area contributed by atoms with Crippen LogP contribution in [0.4, 0.5) is 5.69 Å². The van der Waals surface area contributed by atoms with Crippen LogP contribution in [0, 0.1) is 0 Å². The van der Waals surface area contributed by atoms with Gasteiger partial charge in [-0.15, -0.1) is 0 Å². The van der Waals surface area contributed by atoms with Gasteiger partial charge in [-0.1, -0.05) is 0 Å². The summed E-state index contributed by atoms with van der Waals surface area (Å²) in [4.78, 5) is 0. The Bertz CT molecular complexity index is 371. The average Bonchev–Trinajstić information content (AvgIpc) is 2.18. The number of hydrogen-bond donors (Lipinski definition) is 1. The van der Waals surface area contributed by atoms with Crippen molar-refractivity contribution >= 4 is 26.9 Å². The van der Waals surface area contributed by atoms with E-state index in [1.807, 2.05) is 30.3 Å². The van der Waals surface area contributed by atoms with E-state index in [0.717, 1.165) is 18.7 Å². The molecule has 1 unspecified atom stereocenters. The van der Waals surface area contributed by atoms with E-state index in [1.54, 1.807) is 0 Å². The number of hydrogen-bond acceptors (Lipinski definition) is 3. The molecular weight excluding hydrogens is 276 g/mol. The molecule has 5 heteroatoms. The van der Waals surface area contributed by atoms with Gasteiger partial charge in [0.15, 0.2) is 0 Å². The number of benzene rings is 1. The second-order valence-electron chi connectivity index (χ2n) is 3.51. The van der Waals surface area contributed by atoms with Gasteiger partial charge in [0.1, 0.15) is 0 Å². The van der Waals surface area contributed by atoms with E-state index in [-0.39, 0.29) is 6.10 Å². The summed E-state index contributed by atoms with van der Waals surface area (Å²) in [7, 11) is 0. The first-order valence-electron chi connectivity index (χ1n) is 4.94. The molecule has 0 radical (unpaired) electrons. The molecule has 1 heterocycles. The van der Waals surface area contributed by atoms with Crippen LogP contribution in [0.1, 0.15) is 13.3 Å². The molecule has 2 atom stereocenters. The zero-order chi connectivity index (χ0) is 10.7. The summed E-state index contributed by atoms with van der Waals surface area (Å²) in [5.74, 6) is 0. The van der Waals surface area contributed by atoms with Crippen molar-refractivity contribution in [2.45, 2.75) is 19.4 Å². The van der Waals surface area contributed by atoms with Crippen molar-refractivity contribution in [3.63, 3.8) is 0 Å². The predicted octanol–water partition coefficient (Wildman–Crippen LogP) is 2.77. The van der Waals surface area contributed by atoms with E-state index in [2.05, 4.69) is 27.1 Å². The van der Waals surface area contributed by atoms with E-state index in [0.29, 0.717) is 0 Å². The van der Waals surface area contributed by atoms with Gasteiger partial charge in [0.2, 0.25) is 0 Å². The second kappa shape index (κ2) is 4.82. The van der Waals surface area contributed by atoms with E-state index >= 15 is 0 Å². The van der Waals surface area contributed by atoms with Crippen LogP contribution < -0.4 is 5.09 Å². The van der Waals surface area contributed by atoms with Crippen LogP contribution in [-0.2, 0) is 9.05 Å². The summed E-state index contributed by atoms with van der Waals surface area (Å²) in [6.07, 6.45) is -0.804. The van der Waals surface area contributed by atoms with Crippen LogP contribution in [0.25, 0.3) is 0 Å². The van der Waals surface area contributed by atoms with Crippen molar-refractivity contribution in [1.29, 1.82) is 0 Å². The SMILES string of the molecule is C[C@H]1CCOP(=[Se])(Nc2ccccc2)O1. The number of para-hydroxylation sites is 1. The molecule has 1 aromatic rings. The van der Waals surface area contributed by atoms with Gasteiger partial charge >= 0.3 is 97.4 Å². The molecule has 1 aliphatic rings. The molecular formula is C10H14NO2PSe. The van der Waals surface area contributed by atoms with Gasteiger partial charge in [-0.05, 0) is 0 Å². The molecule has 0 saturated carbocycles. The fraction of sp³-hybridized carbons (Fsp3) is 0.400. The summed E-state index contributed by atoms with van der Waals surface area (Å²) in [5.41, 5.74) is 1.03. The molecule has 2 rings (SSSR count). The normalized spacial score (nSPS) is 31.1. The van der Waals surface area contributed by atoms with Crippen LogP contribution in [0.3, 0.4) is 0 Å². The minimum atomic E-state index is -2.02. The Morgan fingerprint density at radius 1 is 1.40 bits per heavy atom. The molecule has 0 amide bonds. The molecule has 0 aliphatic carbocycles. The van der Waals surface area contributed by atoms with Crippen LogP contribution >= 0.6 is 6.11 Å². The van der Waals surface area contributed by atoms with Gasteiger partial charge in [0.05, 0.1) is 0 Å². The van der Waals surface area contributed by atoms with Crippen LogP contribution in [0.2, 0.25) is 0 Å². The van der Waals surface area contributed by atoms with Gasteiger partial charge < -0.3 is 0 Å². The predicted molar refractivity (Wildman–Crippen MR) is 63.9 cm³/mol. The van der Waals surface area contributed by atoms with Gasteiger partial charge in [-0.3, -0.25) is 0 Å². The Balaban J connectivity index is 2.07. The fourth-order valence-corrected chi connectivity index (χ4v) is 5.01. The zero-order valence-electron chi connectivity index (χ0n) is 8.55. The second-order valence-corrected chi connectivity index (χ2v) is 8.23. The number of nitrogens with one attached hydrogen (secondary N) is 1. The van der Waals surface area contributed by atoms with Crippen molar-refractivity contribution in [3.8, 4) is 0 Å². The molecule has 1 aliphatic heterocycles. The van der Waals surface area contributed by atoms with Crippen LogP contribution in [0.5, 0.6) is 0 Å². The number of rotatable bonds is 2. The Labute approximate surface area is 97.6 Å². The molecule has 1 N–H and O–H groups in total. The first kappa shape index (κ1) is 11.4. The molecule has 3 nitrogen and oxygen atoms in total. The molecule has 0 aromatic heterocycles. The summed E-state index contributed by atoms with van der Waals surface area (Å²) in [5, 5.41) is 3.30. The Hall–Kier alpha value is -0.111. The van der Waals surface area contributed by atoms with E-state index in [4.69, 9.17) is 9.05 Å². The molecule has 82 valence electrons. The van der Waals surface area contributed by atoms with Crippen LogP contribution in [0.15, 0.2) is 30.3 Å². The van der Waals surface area contributed by atoms with E-state index < -0.39 is 6.11 Å². The Morgan fingerprint density at radius 2 is 2.13 bits per heavy atom. The van der Waals surface area contributed by atoms with Crippen molar-refractivity contribution in [3.05, 3.63) is 30.3 Å². The third-order valence-corrected chi connectivity index (χ3v) is 5.62. The fourth-order valence-electron chi connectivity index (χ4n) is 1.39. The monoisotopic (exact) mass is 291 g/mol. The van der Waals surface area contributed by atoms with Crippen molar-refractivity contribution in [2.24, 2.45) is 0 Å². The molecule has 1 saturated heterocycles. The van der Waals surface area contributed by atoms with E-state index in [9.17, 15) is 0 Å².